The molecule has 0 unspecified atom stereocenters. The maximum atomic E-state index is 6.04. The largest absolute Gasteiger partial charge is 0.495 e. The number of nitrogens with one attached hydrogen (secondary N) is 1. The second-order valence-electron chi connectivity index (χ2n) is 4.54. The molecule has 3 N–H and O–H groups in total. The Morgan fingerprint density at radius 1 is 1.17 bits per heavy atom. The summed E-state index contributed by atoms with van der Waals surface area (Å²) < 4.78 is 10.6. The molecule has 0 aromatic heterocycles. The number of nitrogens with zero attached hydrogens (tertiary/aromatic N) is 1. The third kappa shape index (κ3) is 6.62. The van der Waals surface area contributed by atoms with Crippen molar-refractivity contribution in [2.45, 2.75) is 0 Å². The molecule has 0 fully saturated rings. The van der Waals surface area contributed by atoms with Crippen LogP contribution in [0.4, 0.5) is 5.69 Å². The van der Waals surface area contributed by atoms with Crippen LogP contribution in [0.3, 0.4) is 0 Å². The first-order valence-corrected chi connectivity index (χ1v) is 7.63. The topological polar surface area (TPSA) is 68.9 Å². The fraction of sp³-hybridized carbons (Fsp3) is 0.188. The van der Waals surface area contributed by atoms with Gasteiger partial charge in [-0.3, -0.25) is 0 Å². The molecule has 0 aliphatic carbocycles. The van der Waals surface area contributed by atoms with E-state index in [0.717, 1.165) is 11.4 Å². The van der Waals surface area contributed by atoms with Crippen LogP contribution in [0.2, 0.25) is 10.0 Å². The Balaban J connectivity index is 0.00000288. The van der Waals surface area contributed by atoms with Gasteiger partial charge in [0.05, 0.1) is 18.7 Å². The van der Waals surface area contributed by atoms with Crippen molar-refractivity contribution in [3.8, 4) is 11.5 Å². The number of aliphatic imine (C=N–C) groups is 1. The molecule has 130 valence electrons. The van der Waals surface area contributed by atoms with E-state index in [2.05, 4.69) is 10.3 Å². The van der Waals surface area contributed by atoms with Crippen LogP contribution in [0.5, 0.6) is 11.5 Å². The van der Waals surface area contributed by atoms with Gasteiger partial charge in [0, 0.05) is 10.7 Å². The van der Waals surface area contributed by atoms with Crippen molar-refractivity contribution in [1.29, 1.82) is 0 Å². The zero-order valence-electron chi connectivity index (χ0n) is 13.0. The molecule has 8 heteroatoms. The van der Waals surface area contributed by atoms with Crippen molar-refractivity contribution in [3.05, 3.63) is 52.5 Å². The molecule has 5 nitrogen and oxygen atoms in total. The van der Waals surface area contributed by atoms with Crippen LogP contribution in [0, 0.1) is 0 Å². The van der Waals surface area contributed by atoms with Crippen molar-refractivity contribution in [3.63, 3.8) is 0 Å². The summed E-state index contributed by atoms with van der Waals surface area (Å²) in [5, 5.41) is 4.12. The number of benzene rings is 2. The van der Waals surface area contributed by atoms with Crippen LogP contribution in [0.1, 0.15) is 0 Å². The van der Waals surface area contributed by atoms with Gasteiger partial charge in [0.25, 0.3) is 0 Å². The number of rotatable bonds is 6. The lowest BCUT2D eigenvalue weighted by molar-refractivity contribution is 0.329. The second-order valence-corrected chi connectivity index (χ2v) is 5.39. The van der Waals surface area contributed by atoms with Gasteiger partial charge in [-0.1, -0.05) is 23.2 Å². The van der Waals surface area contributed by atoms with Crippen LogP contribution in [-0.4, -0.2) is 26.2 Å². The van der Waals surface area contributed by atoms with Crippen LogP contribution >= 0.6 is 47.2 Å². The van der Waals surface area contributed by atoms with Gasteiger partial charge in [0.1, 0.15) is 18.1 Å². The number of guanidine groups is 1. The van der Waals surface area contributed by atoms with Gasteiger partial charge in [-0.25, -0.2) is 4.99 Å². The highest BCUT2D eigenvalue weighted by molar-refractivity contribution is 14.0. The van der Waals surface area contributed by atoms with E-state index < -0.39 is 0 Å². The summed E-state index contributed by atoms with van der Waals surface area (Å²) in [6, 6.07) is 12.4. The Labute approximate surface area is 168 Å². The van der Waals surface area contributed by atoms with Crippen LogP contribution in [-0.2, 0) is 0 Å². The van der Waals surface area contributed by atoms with Gasteiger partial charge in [-0.15, -0.1) is 24.0 Å². The molecular formula is C16H18Cl2IN3O2. The highest BCUT2D eigenvalue weighted by atomic mass is 127. The molecular weight excluding hydrogens is 464 g/mol. The standard InChI is InChI=1S/C16H17Cl2N3O2.HI/c1-22-15-7-4-12(10-14(15)18)21-16(19)20-8-9-23-13-5-2-11(17)3-6-13;/h2-7,10H,8-9H2,1H3,(H3,19,20,21);1H. The number of hydrogen-bond donors (Lipinski definition) is 2. The van der Waals surface area contributed by atoms with E-state index in [9.17, 15) is 0 Å². The average Bonchev–Trinajstić information content (AvgIpc) is 2.53. The molecule has 0 radical (unpaired) electrons. The highest BCUT2D eigenvalue weighted by Crippen LogP contribution is 2.27. The van der Waals surface area contributed by atoms with Crippen LogP contribution in [0.25, 0.3) is 0 Å². The maximum absolute atomic E-state index is 6.04. The van der Waals surface area contributed by atoms with Crippen molar-refractivity contribution in [1.82, 2.24) is 0 Å². The number of halogens is 3. The average molecular weight is 482 g/mol. The normalized spacial score (nSPS) is 10.7. The van der Waals surface area contributed by atoms with Gasteiger partial charge in [0.2, 0.25) is 0 Å². The Morgan fingerprint density at radius 2 is 1.88 bits per heavy atom. The lowest BCUT2D eigenvalue weighted by atomic mass is 10.3. The highest BCUT2D eigenvalue weighted by Gasteiger charge is 2.02. The summed E-state index contributed by atoms with van der Waals surface area (Å²) >= 11 is 11.8. The predicted octanol–water partition coefficient (Wildman–Crippen LogP) is 4.43. The Bertz CT molecular complexity index is 682. The summed E-state index contributed by atoms with van der Waals surface area (Å²) in [5.74, 6) is 1.62. The first kappa shape index (κ1) is 20.7. The Morgan fingerprint density at radius 3 is 2.50 bits per heavy atom. The first-order chi connectivity index (χ1) is 11.1. The minimum absolute atomic E-state index is 0. The van der Waals surface area contributed by atoms with Crippen molar-refractivity contribution in [2.24, 2.45) is 10.7 Å². The van der Waals surface area contributed by atoms with Crippen molar-refractivity contribution >= 4 is 58.8 Å². The zero-order valence-corrected chi connectivity index (χ0v) is 16.8. The van der Waals surface area contributed by atoms with E-state index in [-0.39, 0.29) is 29.9 Å². The molecule has 0 saturated carbocycles. The molecule has 2 rings (SSSR count). The lowest BCUT2D eigenvalue weighted by Gasteiger charge is -2.09. The summed E-state index contributed by atoms with van der Waals surface area (Å²) in [4.78, 5) is 4.18. The minimum Gasteiger partial charge on any atom is -0.495 e. The van der Waals surface area contributed by atoms with Gasteiger partial charge < -0.3 is 20.5 Å². The second kappa shape index (κ2) is 10.5. The molecule has 2 aromatic rings. The summed E-state index contributed by atoms with van der Waals surface area (Å²) in [7, 11) is 1.56. The molecule has 0 heterocycles. The lowest BCUT2D eigenvalue weighted by Crippen LogP contribution is -2.23. The third-order valence-corrected chi connectivity index (χ3v) is 3.43. The Kier molecular flexibility index (Phi) is 9.02. The molecule has 0 aliphatic heterocycles. The molecule has 24 heavy (non-hydrogen) atoms. The number of ether oxygens (including phenoxy) is 2. The van der Waals surface area contributed by atoms with Crippen LogP contribution in [0.15, 0.2) is 47.5 Å². The first-order valence-electron chi connectivity index (χ1n) is 6.87. The number of hydrogen-bond acceptors (Lipinski definition) is 3. The van der Waals surface area contributed by atoms with Crippen molar-refractivity contribution in [2.75, 3.05) is 25.6 Å². The fourth-order valence-corrected chi connectivity index (χ4v) is 2.18. The van der Waals surface area contributed by atoms with E-state index in [1.807, 2.05) is 0 Å². The smallest absolute Gasteiger partial charge is 0.193 e. The fourth-order valence-electron chi connectivity index (χ4n) is 1.79. The number of nitrogens with two attached hydrogens (primary N) is 1. The van der Waals surface area contributed by atoms with Crippen molar-refractivity contribution < 1.29 is 9.47 Å². The monoisotopic (exact) mass is 481 g/mol. The van der Waals surface area contributed by atoms with Gasteiger partial charge in [-0.05, 0) is 42.5 Å². The molecule has 0 spiro atoms. The minimum atomic E-state index is 0. The summed E-state index contributed by atoms with van der Waals surface area (Å²) in [6.07, 6.45) is 0. The third-order valence-electron chi connectivity index (χ3n) is 2.88. The van der Waals surface area contributed by atoms with Gasteiger partial charge >= 0.3 is 0 Å². The summed E-state index contributed by atoms with van der Waals surface area (Å²) in [5.41, 5.74) is 6.55. The Hall–Kier alpha value is -1.38. The van der Waals surface area contributed by atoms with E-state index in [1.165, 1.54) is 0 Å². The maximum Gasteiger partial charge on any atom is 0.193 e. The van der Waals surface area contributed by atoms with E-state index in [4.69, 9.17) is 38.4 Å². The van der Waals surface area contributed by atoms with E-state index >= 15 is 0 Å². The van der Waals surface area contributed by atoms with Crippen LogP contribution < -0.4 is 20.5 Å². The quantitative estimate of drug-likeness (QED) is 0.277. The molecule has 0 bridgehead atoms. The van der Waals surface area contributed by atoms with Gasteiger partial charge in [-0.2, -0.15) is 0 Å². The molecule has 0 aliphatic rings. The van der Waals surface area contributed by atoms with Gasteiger partial charge in [0.15, 0.2) is 5.96 Å². The summed E-state index contributed by atoms with van der Waals surface area (Å²) in [6.45, 7) is 0.832. The van der Waals surface area contributed by atoms with E-state index in [1.54, 1.807) is 49.6 Å². The SMILES string of the molecule is COc1ccc(NC(N)=NCCOc2ccc(Cl)cc2)cc1Cl.I. The number of methoxy groups -OCH3 is 1. The molecule has 0 atom stereocenters. The molecule has 0 amide bonds. The molecule has 0 saturated heterocycles. The number of anilines is 1. The zero-order chi connectivity index (χ0) is 16.7. The predicted molar refractivity (Wildman–Crippen MR) is 110 cm³/mol. The van der Waals surface area contributed by atoms with E-state index in [0.29, 0.717) is 28.9 Å². The molecule has 2 aromatic carbocycles.